The van der Waals surface area contributed by atoms with Gasteiger partial charge in [-0.15, -0.1) is 17.9 Å². The van der Waals surface area contributed by atoms with Crippen molar-refractivity contribution in [2.75, 3.05) is 7.11 Å². The molecule has 0 bridgehead atoms. The zero-order valence-corrected chi connectivity index (χ0v) is 9.56. The summed E-state index contributed by atoms with van der Waals surface area (Å²) in [6, 6.07) is 4.58. The van der Waals surface area contributed by atoms with Crippen LogP contribution in [0, 0.1) is 0 Å². The van der Waals surface area contributed by atoms with E-state index in [9.17, 15) is 0 Å². The fourth-order valence-corrected chi connectivity index (χ4v) is 1.94. The van der Waals surface area contributed by atoms with Crippen molar-refractivity contribution in [2.24, 2.45) is 0 Å². The second-order valence-electron chi connectivity index (χ2n) is 3.23. The van der Waals surface area contributed by atoms with Gasteiger partial charge in [-0.05, 0) is 25.5 Å². The minimum atomic E-state index is 0.487. The van der Waals surface area contributed by atoms with Crippen LogP contribution in [-0.2, 0) is 6.54 Å². The van der Waals surface area contributed by atoms with E-state index in [4.69, 9.17) is 4.74 Å². The smallest absolute Gasteiger partial charge is 0.173 e. The van der Waals surface area contributed by atoms with Gasteiger partial charge in [-0.2, -0.15) is 0 Å². The predicted octanol–water partition coefficient (Wildman–Crippen LogP) is 2.81. The lowest BCUT2D eigenvalue weighted by molar-refractivity contribution is 0.427. The molecule has 14 heavy (non-hydrogen) atoms. The zero-order chi connectivity index (χ0) is 10.4. The molecular weight excluding hydrogens is 194 g/mol. The topological polar surface area (TPSA) is 21.3 Å². The number of hydrogen-bond donors (Lipinski definition) is 1. The highest BCUT2D eigenvalue weighted by atomic mass is 32.1. The van der Waals surface area contributed by atoms with Crippen LogP contribution >= 0.6 is 11.3 Å². The minimum Gasteiger partial charge on any atom is -0.487 e. The van der Waals surface area contributed by atoms with Crippen molar-refractivity contribution in [1.29, 1.82) is 0 Å². The van der Waals surface area contributed by atoms with Gasteiger partial charge in [-0.25, -0.2) is 0 Å². The maximum Gasteiger partial charge on any atom is 0.173 e. The summed E-state index contributed by atoms with van der Waals surface area (Å²) in [5.41, 5.74) is 0. The van der Waals surface area contributed by atoms with E-state index in [1.165, 1.54) is 4.88 Å². The molecule has 0 fully saturated rings. The molecule has 1 rings (SSSR count). The highest BCUT2D eigenvalue weighted by Gasteiger charge is 2.02. The van der Waals surface area contributed by atoms with Crippen molar-refractivity contribution in [2.45, 2.75) is 25.9 Å². The van der Waals surface area contributed by atoms with E-state index in [1.54, 1.807) is 18.4 Å². The van der Waals surface area contributed by atoms with Crippen molar-refractivity contribution in [3.63, 3.8) is 0 Å². The van der Waals surface area contributed by atoms with Crippen LogP contribution in [0.5, 0.6) is 5.06 Å². The second kappa shape index (κ2) is 5.83. The molecule has 0 aromatic carbocycles. The third-order valence-electron chi connectivity index (χ3n) is 1.98. The summed E-state index contributed by atoms with van der Waals surface area (Å²) in [5.74, 6) is 0. The van der Waals surface area contributed by atoms with E-state index >= 15 is 0 Å². The molecule has 0 amide bonds. The molecule has 0 saturated carbocycles. The largest absolute Gasteiger partial charge is 0.487 e. The van der Waals surface area contributed by atoms with Crippen molar-refractivity contribution in [3.8, 4) is 5.06 Å². The first-order chi connectivity index (χ1) is 6.76. The van der Waals surface area contributed by atoms with E-state index in [0.29, 0.717) is 6.04 Å². The van der Waals surface area contributed by atoms with Crippen molar-refractivity contribution >= 4 is 11.3 Å². The number of rotatable bonds is 6. The van der Waals surface area contributed by atoms with E-state index < -0.39 is 0 Å². The van der Waals surface area contributed by atoms with E-state index in [-0.39, 0.29) is 0 Å². The van der Waals surface area contributed by atoms with E-state index in [1.807, 2.05) is 12.1 Å². The van der Waals surface area contributed by atoms with Gasteiger partial charge in [0.1, 0.15) is 0 Å². The summed E-state index contributed by atoms with van der Waals surface area (Å²) in [6.45, 7) is 6.78. The molecule has 78 valence electrons. The number of methoxy groups -OCH3 is 1. The highest BCUT2D eigenvalue weighted by molar-refractivity contribution is 7.13. The summed E-state index contributed by atoms with van der Waals surface area (Å²) < 4.78 is 5.12. The lowest BCUT2D eigenvalue weighted by Gasteiger charge is -2.09. The number of hydrogen-bond acceptors (Lipinski definition) is 3. The van der Waals surface area contributed by atoms with Crippen LogP contribution in [0.1, 0.15) is 18.2 Å². The standard InChI is InChI=1S/C11H17NOS/c1-4-5-9(2)12-8-10-6-7-11(13-3)14-10/h4,6-7,9,12H,1,5,8H2,2-3H3. The Labute approximate surface area is 89.6 Å². The Morgan fingerprint density at radius 2 is 2.43 bits per heavy atom. The quantitative estimate of drug-likeness (QED) is 0.731. The van der Waals surface area contributed by atoms with Crippen LogP contribution in [-0.4, -0.2) is 13.2 Å². The predicted molar refractivity (Wildman–Crippen MR) is 62.0 cm³/mol. The minimum absolute atomic E-state index is 0.487. The van der Waals surface area contributed by atoms with Crippen LogP contribution in [0.2, 0.25) is 0 Å². The zero-order valence-electron chi connectivity index (χ0n) is 8.75. The Morgan fingerprint density at radius 3 is 3.00 bits per heavy atom. The van der Waals surface area contributed by atoms with Gasteiger partial charge in [-0.3, -0.25) is 0 Å². The average Bonchev–Trinajstić information content (AvgIpc) is 2.63. The molecule has 1 atom stereocenters. The molecule has 0 aliphatic carbocycles. The lowest BCUT2D eigenvalue weighted by Crippen LogP contribution is -2.24. The molecule has 1 aromatic heterocycles. The number of nitrogens with one attached hydrogen (secondary N) is 1. The molecule has 0 radical (unpaired) electrons. The van der Waals surface area contributed by atoms with Gasteiger partial charge in [0.05, 0.1) is 7.11 Å². The maximum atomic E-state index is 5.12. The fourth-order valence-electron chi connectivity index (χ4n) is 1.17. The Bertz CT molecular complexity index is 283. The Balaban J connectivity index is 2.33. The van der Waals surface area contributed by atoms with Crippen LogP contribution < -0.4 is 10.1 Å². The van der Waals surface area contributed by atoms with Crippen LogP contribution in [0.25, 0.3) is 0 Å². The monoisotopic (exact) mass is 211 g/mol. The first-order valence-electron chi connectivity index (χ1n) is 4.73. The van der Waals surface area contributed by atoms with Gasteiger partial charge in [0.25, 0.3) is 0 Å². The Morgan fingerprint density at radius 1 is 1.64 bits per heavy atom. The van der Waals surface area contributed by atoms with E-state index in [0.717, 1.165) is 18.0 Å². The SMILES string of the molecule is C=CCC(C)NCc1ccc(OC)s1. The third-order valence-corrected chi connectivity index (χ3v) is 3.03. The van der Waals surface area contributed by atoms with Gasteiger partial charge in [0.2, 0.25) is 0 Å². The molecule has 1 unspecified atom stereocenters. The molecule has 2 nitrogen and oxygen atoms in total. The van der Waals surface area contributed by atoms with Gasteiger partial charge in [0.15, 0.2) is 5.06 Å². The average molecular weight is 211 g/mol. The molecule has 0 aliphatic heterocycles. The van der Waals surface area contributed by atoms with Crippen LogP contribution in [0.4, 0.5) is 0 Å². The molecule has 1 aromatic rings. The highest BCUT2D eigenvalue weighted by Crippen LogP contribution is 2.23. The summed E-state index contributed by atoms with van der Waals surface area (Å²) >= 11 is 1.68. The summed E-state index contributed by atoms with van der Waals surface area (Å²) in [4.78, 5) is 1.30. The molecule has 0 spiro atoms. The Hall–Kier alpha value is -0.800. The van der Waals surface area contributed by atoms with Crippen molar-refractivity contribution in [3.05, 3.63) is 29.7 Å². The van der Waals surface area contributed by atoms with Gasteiger partial charge >= 0.3 is 0 Å². The van der Waals surface area contributed by atoms with Crippen LogP contribution in [0.3, 0.4) is 0 Å². The maximum absolute atomic E-state index is 5.12. The second-order valence-corrected chi connectivity index (χ2v) is 4.36. The van der Waals surface area contributed by atoms with E-state index in [2.05, 4.69) is 24.9 Å². The van der Waals surface area contributed by atoms with Gasteiger partial charge in [-0.1, -0.05) is 6.08 Å². The normalized spacial score (nSPS) is 12.4. The first kappa shape index (κ1) is 11.3. The fraction of sp³-hybridized carbons (Fsp3) is 0.455. The molecule has 1 heterocycles. The Kier molecular flexibility index (Phi) is 4.70. The summed E-state index contributed by atoms with van der Waals surface area (Å²) in [6.07, 6.45) is 2.94. The first-order valence-corrected chi connectivity index (χ1v) is 5.55. The summed E-state index contributed by atoms with van der Waals surface area (Å²) in [5, 5.41) is 4.39. The number of thiophene rings is 1. The van der Waals surface area contributed by atoms with Crippen molar-refractivity contribution < 1.29 is 4.74 Å². The summed E-state index contributed by atoms with van der Waals surface area (Å²) in [7, 11) is 1.70. The number of ether oxygens (including phenoxy) is 1. The molecule has 0 saturated heterocycles. The molecule has 1 N–H and O–H groups in total. The third kappa shape index (κ3) is 3.52. The lowest BCUT2D eigenvalue weighted by atomic mass is 10.2. The molecule has 3 heteroatoms. The molecular formula is C11H17NOS. The molecule has 0 aliphatic rings. The van der Waals surface area contributed by atoms with Crippen molar-refractivity contribution in [1.82, 2.24) is 5.32 Å². The van der Waals surface area contributed by atoms with Gasteiger partial charge < -0.3 is 10.1 Å². The van der Waals surface area contributed by atoms with Crippen LogP contribution in [0.15, 0.2) is 24.8 Å². The van der Waals surface area contributed by atoms with Gasteiger partial charge in [0, 0.05) is 17.5 Å².